The second kappa shape index (κ2) is 7.08. The number of amides is 2. The van der Waals surface area contributed by atoms with Gasteiger partial charge in [0.1, 0.15) is 0 Å². The number of nitrogens with two attached hydrogens (primary N) is 1. The highest BCUT2D eigenvalue weighted by atomic mass is 16.6. The van der Waals surface area contributed by atoms with Crippen molar-refractivity contribution in [2.24, 2.45) is 11.1 Å². The number of carbonyl (C=O) groups excluding carboxylic acids is 2. The van der Waals surface area contributed by atoms with E-state index >= 15 is 0 Å². The molecule has 8 nitrogen and oxygen atoms in total. The van der Waals surface area contributed by atoms with E-state index < -0.39 is 16.2 Å². The third kappa shape index (κ3) is 4.26. The van der Waals surface area contributed by atoms with Crippen LogP contribution >= 0.6 is 0 Å². The summed E-state index contributed by atoms with van der Waals surface area (Å²) in [6, 6.07) is 4.13. The molecular formula is C17H24N4O4. The van der Waals surface area contributed by atoms with Crippen LogP contribution in [-0.2, 0) is 4.79 Å². The first-order valence-corrected chi connectivity index (χ1v) is 8.24. The molecule has 1 aliphatic rings. The van der Waals surface area contributed by atoms with Crippen LogP contribution in [0.1, 0.15) is 37.6 Å². The minimum Gasteiger partial charge on any atom is -0.369 e. The molecular weight excluding hydrogens is 324 g/mol. The van der Waals surface area contributed by atoms with Gasteiger partial charge in [-0.15, -0.1) is 0 Å². The molecule has 0 spiro atoms. The van der Waals surface area contributed by atoms with Gasteiger partial charge in [0.05, 0.1) is 16.2 Å². The first-order valence-electron chi connectivity index (χ1n) is 8.24. The van der Waals surface area contributed by atoms with Gasteiger partial charge in [-0.1, -0.05) is 20.8 Å². The van der Waals surface area contributed by atoms with Crippen molar-refractivity contribution < 1.29 is 14.5 Å². The largest absolute Gasteiger partial charge is 0.369 e. The summed E-state index contributed by atoms with van der Waals surface area (Å²) in [5.74, 6) is -0.612. The maximum Gasteiger partial charge on any atom is 0.270 e. The predicted molar refractivity (Wildman–Crippen MR) is 94.5 cm³/mol. The van der Waals surface area contributed by atoms with Crippen molar-refractivity contribution in [3.63, 3.8) is 0 Å². The fourth-order valence-electron chi connectivity index (χ4n) is 2.95. The monoisotopic (exact) mass is 348 g/mol. The number of nitrogens with zero attached hydrogens (tertiary/aromatic N) is 3. The van der Waals surface area contributed by atoms with Gasteiger partial charge in [-0.05, 0) is 12.5 Å². The Hall–Kier alpha value is -2.64. The SMILES string of the molecule is CC(C)(C)C(=O)N1CCCN(c2ccc([N+](=O)[O-])cc2C(N)=O)CC1. The van der Waals surface area contributed by atoms with Crippen LogP contribution in [0.25, 0.3) is 0 Å². The first-order chi connectivity index (χ1) is 11.6. The molecule has 0 radical (unpaired) electrons. The van der Waals surface area contributed by atoms with Crippen LogP contribution in [0.2, 0.25) is 0 Å². The van der Waals surface area contributed by atoms with Gasteiger partial charge >= 0.3 is 0 Å². The minimum atomic E-state index is -0.703. The lowest BCUT2D eigenvalue weighted by Crippen LogP contribution is -2.41. The summed E-state index contributed by atoms with van der Waals surface area (Å²) in [7, 11) is 0. The highest BCUT2D eigenvalue weighted by Crippen LogP contribution is 2.27. The highest BCUT2D eigenvalue weighted by Gasteiger charge is 2.29. The molecule has 8 heteroatoms. The van der Waals surface area contributed by atoms with Crippen molar-refractivity contribution in [2.75, 3.05) is 31.1 Å². The third-order valence-electron chi connectivity index (χ3n) is 4.22. The molecule has 2 rings (SSSR count). The zero-order valence-corrected chi connectivity index (χ0v) is 14.8. The van der Waals surface area contributed by atoms with Crippen LogP contribution in [-0.4, -0.2) is 47.8 Å². The van der Waals surface area contributed by atoms with E-state index in [2.05, 4.69) is 0 Å². The van der Waals surface area contributed by atoms with Crippen molar-refractivity contribution in [3.8, 4) is 0 Å². The summed E-state index contributed by atoms with van der Waals surface area (Å²) in [5.41, 5.74) is 5.50. The van der Waals surface area contributed by atoms with E-state index in [1.165, 1.54) is 12.1 Å². The quantitative estimate of drug-likeness (QED) is 0.661. The average molecular weight is 348 g/mol. The second-order valence-corrected chi connectivity index (χ2v) is 7.21. The third-order valence-corrected chi connectivity index (χ3v) is 4.22. The van der Waals surface area contributed by atoms with E-state index in [1.54, 1.807) is 6.07 Å². The number of anilines is 1. The Bertz CT molecular complexity index is 696. The van der Waals surface area contributed by atoms with Gasteiger partial charge in [0.15, 0.2) is 0 Å². The van der Waals surface area contributed by atoms with Crippen LogP contribution in [0, 0.1) is 15.5 Å². The molecule has 1 aliphatic heterocycles. The van der Waals surface area contributed by atoms with Gasteiger partial charge in [-0.3, -0.25) is 19.7 Å². The van der Waals surface area contributed by atoms with Crippen molar-refractivity contribution in [1.29, 1.82) is 0 Å². The van der Waals surface area contributed by atoms with E-state index in [-0.39, 0.29) is 17.2 Å². The van der Waals surface area contributed by atoms with Crippen molar-refractivity contribution in [2.45, 2.75) is 27.2 Å². The smallest absolute Gasteiger partial charge is 0.270 e. The average Bonchev–Trinajstić information content (AvgIpc) is 2.78. The fourth-order valence-corrected chi connectivity index (χ4v) is 2.95. The molecule has 0 saturated carbocycles. The number of benzene rings is 1. The van der Waals surface area contributed by atoms with Crippen molar-refractivity contribution in [3.05, 3.63) is 33.9 Å². The highest BCUT2D eigenvalue weighted by molar-refractivity contribution is 5.99. The fraction of sp³-hybridized carbons (Fsp3) is 0.529. The molecule has 1 saturated heterocycles. The van der Waals surface area contributed by atoms with Gasteiger partial charge in [0.2, 0.25) is 5.91 Å². The molecule has 136 valence electrons. The standard InChI is InChI=1S/C17H24N4O4/c1-17(2,3)16(23)20-8-4-7-19(9-10-20)14-6-5-12(21(24)25)11-13(14)15(18)22/h5-6,11H,4,7-10H2,1-3H3,(H2,18,22). The van der Waals surface area contributed by atoms with Gasteiger partial charge < -0.3 is 15.5 Å². The second-order valence-electron chi connectivity index (χ2n) is 7.21. The molecule has 2 amide bonds. The summed E-state index contributed by atoms with van der Waals surface area (Å²) >= 11 is 0. The molecule has 0 atom stereocenters. The number of hydrogen-bond donors (Lipinski definition) is 1. The molecule has 1 aromatic carbocycles. The Balaban J connectivity index is 2.24. The van der Waals surface area contributed by atoms with Crippen molar-refractivity contribution >= 4 is 23.2 Å². The number of primary amides is 1. The molecule has 25 heavy (non-hydrogen) atoms. The minimum absolute atomic E-state index is 0.0909. The van der Waals surface area contributed by atoms with Gasteiger partial charge in [0.25, 0.3) is 11.6 Å². The summed E-state index contributed by atoms with van der Waals surface area (Å²) in [6.07, 6.45) is 0.747. The van der Waals surface area contributed by atoms with E-state index in [9.17, 15) is 19.7 Å². The number of nitro groups is 1. The first kappa shape index (κ1) is 18.7. The van der Waals surface area contributed by atoms with Crippen molar-refractivity contribution in [1.82, 2.24) is 4.90 Å². The predicted octanol–water partition coefficient (Wildman–Crippen LogP) is 1.78. The molecule has 2 N–H and O–H groups in total. The Kier molecular flexibility index (Phi) is 5.30. The molecule has 0 unspecified atom stereocenters. The summed E-state index contributed by atoms with van der Waals surface area (Å²) in [6.45, 7) is 8.03. The molecule has 1 fully saturated rings. The lowest BCUT2D eigenvalue weighted by atomic mass is 9.94. The lowest BCUT2D eigenvalue weighted by Gasteiger charge is -2.29. The van der Waals surface area contributed by atoms with Crippen LogP contribution in [0.5, 0.6) is 0 Å². The van der Waals surface area contributed by atoms with E-state index in [4.69, 9.17) is 5.73 Å². The lowest BCUT2D eigenvalue weighted by molar-refractivity contribution is -0.384. The summed E-state index contributed by atoms with van der Waals surface area (Å²) < 4.78 is 0. The normalized spacial score (nSPS) is 15.6. The molecule has 1 heterocycles. The zero-order chi connectivity index (χ0) is 18.8. The Morgan fingerprint density at radius 3 is 2.40 bits per heavy atom. The summed E-state index contributed by atoms with van der Waals surface area (Å²) in [5, 5.41) is 10.9. The van der Waals surface area contributed by atoms with Gasteiger partial charge in [0, 0.05) is 43.7 Å². The number of rotatable bonds is 3. The van der Waals surface area contributed by atoms with E-state index in [0.717, 1.165) is 6.42 Å². The van der Waals surface area contributed by atoms with Crippen LogP contribution in [0.4, 0.5) is 11.4 Å². The Morgan fingerprint density at radius 1 is 1.16 bits per heavy atom. The van der Waals surface area contributed by atoms with Crippen LogP contribution in [0.3, 0.4) is 0 Å². The topological polar surface area (TPSA) is 110 Å². The molecule has 0 aromatic heterocycles. The number of non-ortho nitro benzene ring substituents is 1. The number of carbonyl (C=O) groups is 2. The van der Waals surface area contributed by atoms with Crippen LogP contribution < -0.4 is 10.6 Å². The van der Waals surface area contributed by atoms with E-state index in [0.29, 0.717) is 31.9 Å². The molecule has 0 bridgehead atoms. The zero-order valence-electron chi connectivity index (χ0n) is 14.8. The van der Waals surface area contributed by atoms with Gasteiger partial charge in [-0.2, -0.15) is 0 Å². The number of nitro benzene ring substituents is 1. The van der Waals surface area contributed by atoms with E-state index in [1.807, 2.05) is 30.6 Å². The molecule has 0 aliphatic carbocycles. The Labute approximate surface area is 146 Å². The number of hydrogen-bond acceptors (Lipinski definition) is 5. The summed E-state index contributed by atoms with van der Waals surface area (Å²) in [4.78, 5) is 38.4. The maximum atomic E-state index is 12.5. The maximum absolute atomic E-state index is 12.5. The van der Waals surface area contributed by atoms with Crippen LogP contribution in [0.15, 0.2) is 18.2 Å². The molecule has 1 aromatic rings. The van der Waals surface area contributed by atoms with Gasteiger partial charge in [-0.25, -0.2) is 0 Å². The Morgan fingerprint density at radius 2 is 1.84 bits per heavy atom.